The van der Waals surface area contributed by atoms with E-state index in [1.165, 1.54) is 6.33 Å². The van der Waals surface area contributed by atoms with Gasteiger partial charge in [-0.2, -0.15) is 5.10 Å². The lowest BCUT2D eigenvalue weighted by Gasteiger charge is -2.29. The van der Waals surface area contributed by atoms with Gasteiger partial charge in [0.15, 0.2) is 0 Å². The molecule has 1 aliphatic rings. The molecule has 2 atom stereocenters. The van der Waals surface area contributed by atoms with Crippen molar-refractivity contribution in [2.45, 2.75) is 25.4 Å². The minimum atomic E-state index is -1.02. The minimum Gasteiger partial charge on any atom is -0.457 e. The van der Waals surface area contributed by atoms with Crippen LogP contribution in [0.3, 0.4) is 0 Å². The zero-order chi connectivity index (χ0) is 18.9. The van der Waals surface area contributed by atoms with E-state index in [2.05, 4.69) is 10.1 Å². The van der Waals surface area contributed by atoms with Crippen molar-refractivity contribution in [1.29, 1.82) is 0 Å². The molecule has 1 saturated heterocycles. The lowest BCUT2D eigenvalue weighted by Crippen LogP contribution is -2.34. The highest BCUT2D eigenvalue weighted by atomic mass is 35.5. The highest BCUT2D eigenvalue weighted by Crippen LogP contribution is 2.41. The number of ether oxygens (including phenoxy) is 3. The van der Waals surface area contributed by atoms with Crippen LogP contribution in [0.15, 0.2) is 55.1 Å². The van der Waals surface area contributed by atoms with E-state index in [1.54, 1.807) is 41.3 Å². The van der Waals surface area contributed by atoms with Crippen molar-refractivity contribution < 1.29 is 14.2 Å². The van der Waals surface area contributed by atoms with Gasteiger partial charge in [-0.1, -0.05) is 23.2 Å². The molecule has 4 rings (SSSR count). The summed E-state index contributed by atoms with van der Waals surface area (Å²) < 4.78 is 19.6. The Morgan fingerprint density at radius 3 is 2.59 bits per heavy atom. The van der Waals surface area contributed by atoms with Gasteiger partial charge in [-0.3, -0.25) is 0 Å². The Labute approximate surface area is 166 Å². The van der Waals surface area contributed by atoms with Gasteiger partial charge in [-0.05, 0) is 49.4 Å². The first-order valence-corrected chi connectivity index (χ1v) is 9.17. The molecule has 0 radical (unpaired) electrons. The SMILES string of the molecule is C[C@H]1CO[C@@](Cn2cncn2)(c2ccc(Oc3ccc(Cl)cc3)cc2Cl)O1. The Hall–Kier alpha value is -2.12. The van der Waals surface area contributed by atoms with E-state index in [-0.39, 0.29) is 6.10 Å². The molecule has 0 aliphatic carbocycles. The second kappa shape index (κ2) is 7.48. The highest BCUT2D eigenvalue weighted by Gasteiger charge is 2.44. The van der Waals surface area contributed by atoms with E-state index >= 15 is 0 Å². The second-order valence-corrected chi connectivity index (χ2v) is 7.13. The van der Waals surface area contributed by atoms with Gasteiger partial charge in [0.2, 0.25) is 5.79 Å². The van der Waals surface area contributed by atoms with Gasteiger partial charge in [0, 0.05) is 10.6 Å². The molecule has 27 heavy (non-hydrogen) atoms. The minimum absolute atomic E-state index is 0.0606. The Balaban J connectivity index is 1.62. The molecule has 0 unspecified atom stereocenters. The van der Waals surface area contributed by atoms with Crippen molar-refractivity contribution in [3.8, 4) is 11.5 Å². The van der Waals surface area contributed by atoms with Crippen LogP contribution in [0.2, 0.25) is 10.0 Å². The standard InChI is InChI=1S/C19H17Cl2N3O3/c1-13-9-25-19(27-13,10-24-12-22-11-23-24)17-7-6-16(8-18(17)21)26-15-4-2-14(20)3-5-15/h2-8,11-13H,9-10H2,1H3/t13-,19+/m0/s1. The molecule has 1 aromatic heterocycles. The van der Waals surface area contributed by atoms with E-state index in [9.17, 15) is 0 Å². The van der Waals surface area contributed by atoms with Crippen LogP contribution < -0.4 is 4.74 Å². The van der Waals surface area contributed by atoms with Crippen molar-refractivity contribution in [3.63, 3.8) is 0 Å². The van der Waals surface area contributed by atoms with Crippen LogP contribution in [-0.2, 0) is 21.8 Å². The summed E-state index contributed by atoms with van der Waals surface area (Å²) in [5, 5.41) is 5.28. The first kappa shape index (κ1) is 18.3. The topological polar surface area (TPSA) is 58.4 Å². The number of rotatable bonds is 5. The lowest BCUT2D eigenvalue weighted by molar-refractivity contribution is -0.186. The molecule has 0 bridgehead atoms. The normalized spacial score (nSPS) is 22.1. The van der Waals surface area contributed by atoms with E-state index in [0.29, 0.717) is 40.3 Å². The van der Waals surface area contributed by atoms with E-state index in [1.807, 2.05) is 19.1 Å². The van der Waals surface area contributed by atoms with Gasteiger partial charge in [-0.15, -0.1) is 0 Å². The number of halogens is 2. The van der Waals surface area contributed by atoms with Crippen LogP contribution in [0, 0.1) is 0 Å². The van der Waals surface area contributed by atoms with E-state index in [0.717, 1.165) is 0 Å². The van der Waals surface area contributed by atoms with Gasteiger partial charge in [0.25, 0.3) is 0 Å². The van der Waals surface area contributed by atoms with Crippen LogP contribution in [0.1, 0.15) is 12.5 Å². The van der Waals surface area contributed by atoms with Crippen LogP contribution in [-0.4, -0.2) is 27.5 Å². The number of hydrogen-bond donors (Lipinski definition) is 0. The largest absolute Gasteiger partial charge is 0.457 e. The summed E-state index contributed by atoms with van der Waals surface area (Å²) in [7, 11) is 0. The maximum atomic E-state index is 6.57. The monoisotopic (exact) mass is 405 g/mol. The summed E-state index contributed by atoms with van der Waals surface area (Å²) in [4.78, 5) is 3.98. The number of hydrogen-bond acceptors (Lipinski definition) is 5. The van der Waals surface area contributed by atoms with Crippen molar-refractivity contribution in [1.82, 2.24) is 14.8 Å². The van der Waals surface area contributed by atoms with Crippen molar-refractivity contribution in [3.05, 3.63) is 70.7 Å². The zero-order valence-corrected chi connectivity index (χ0v) is 16.0. The molecule has 0 N–H and O–H groups in total. The van der Waals surface area contributed by atoms with Gasteiger partial charge >= 0.3 is 0 Å². The smallest absolute Gasteiger partial charge is 0.217 e. The molecule has 1 fully saturated rings. The Morgan fingerprint density at radius 2 is 1.96 bits per heavy atom. The molecule has 8 heteroatoms. The van der Waals surface area contributed by atoms with Gasteiger partial charge in [-0.25, -0.2) is 9.67 Å². The lowest BCUT2D eigenvalue weighted by atomic mass is 10.1. The fraction of sp³-hybridized carbons (Fsp3) is 0.263. The number of nitrogens with zero attached hydrogens (tertiary/aromatic N) is 3. The van der Waals surface area contributed by atoms with Crippen LogP contribution in [0.5, 0.6) is 11.5 Å². The summed E-state index contributed by atoms with van der Waals surface area (Å²) in [5.74, 6) is 0.249. The molecule has 0 saturated carbocycles. The highest BCUT2D eigenvalue weighted by molar-refractivity contribution is 6.31. The van der Waals surface area contributed by atoms with Crippen molar-refractivity contribution in [2.24, 2.45) is 0 Å². The number of aromatic nitrogens is 3. The first-order chi connectivity index (χ1) is 13.0. The maximum Gasteiger partial charge on any atom is 0.217 e. The molecule has 2 heterocycles. The molecule has 1 aliphatic heterocycles. The van der Waals surface area contributed by atoms with Crippen molar-refractivity contribution >= 4 is 23.2 Å². The fourth-order valence-corrected chi connectivity index (χ4v) is 3.43. The third-order valence-corrected chi connectivity index (χ3v) is 4.74. The quantitative estimate of drug-likeness (QED) is 0.617. The third-order valence-electron chi connectivity index (χ3n) is 4.18. The average molecular weight is 406 g/mol. The van der Waals surface area contributed by atoms with Gasteiger partial charge in [0.05, 0.1) is 17.7 Å². The van der Waals surface area contributed by atoms with Gasteiger partial charge < -0.3 is 14.2 Å². The Bertz CT molecular complexity index is 918. The molecule has 0 spiro atoms. The average Bonchev–Trinajstić information content (AvgIpc) is 3.28. The fourth-order valence-electron chi connectivity index (χ4n) is 2.99. The van der Waals surface area contributed by atoms with Crippen LogP contribution in [0.4, 0.5) is 0 Å². The molecular weight excluding hydrogens is 389 g/mol. The summed E-state index contributed by atoms with van der Waals surface area (Å²) in [5.41, 5.74) is 0.715. The zero-order valence-electron chi connectivity index (χ0n) is 14.5. The first-order valence-electron chi connectivity index (χ1n) is 8.42. The van der Waals surface area contributed by atoms with Crippen LogP contribution in [0.25, 0.3) is 0 Å². The second-order valence-electron chi connectivity index (χ2n) is 6.28. The summed E-state index contributed by atoms with van der Waals surface area (Å²) >= 11 is 12.5. The van der Waals surface area contributed by atoms with Gasteiger partial charge in [0.1, 0.15) is 30.7 Å². The number of benzene rings is 2. The molecule has 3 aromatic rings. The summed E-state index contributed by atoms with van der Waals surface area (Å²) in [6.45, 7) is 2.76. The Morgan fingerprint density at radius 1 is 1.19 bits per heavy atom. The van der Waals surface area contributed by atoms with E-state index in [4.69, 9.17) is 37.4 Å². The summed E-state index contributed by atoms with van der Waals surface area (Å²) in [6.07, 6.45) is 3.02. The molecule has 140 valence electrons. The predicted molar refractivity (Wildman–Crippen MR) is 101 cm³/mol. The molecule has 2 aromatic carbocycles. The maximum absolute atomic E-state index is 6.57. The molecular formula is C19H17Cl2N3O3. The third kappa shape index (κ3) is 3.94. The predicted octanol–water partition coefficient (Wildman–Crippen LogP) is 4.67. The Kier molecular flexibility index (Phi) is 5.06. The summed E-state index contributed by atoms with van der Waals surface area (Å²) in [6, 6.07) is 12.5. The van der Waals surface area contributed by atoms with Crippen LogP contribution >= 0.6 is 23.2 Å². The molecule has 0 amide bonds. The molecule has 6 nitrogen and oxygen atoms in total. The van der Waals surface area contributed by atoms with E-state index < -0.39 is 5.79 Å². The van der Waals surface area contributed by atoms with Crippen molar-refractivity contribution in [2.75, 3.05) is 6.61 Å².